The summed E-state index contributed by atoms with van der Waals surface area (Å²) in [5, 5.41) is 10.5. The largest absolute Gasteiger partial charge is 0.493 e. The molecule has 152 valence electrons. The number of benzene rings is 2. The van der Waals surface area contributed by atoms with Crippen LogP contribution in [0, 0.1) is 0 Å². The van der Waals surface area contributed by atoms with Crippen LogP contribution in [0.25, 0.3) is 0 Å². The van der Waals surface area contributed by atoms with Crippen molar-refractivity contribution in [1.82, 2.24) is 4.90 Å². The zero-order valence-electron chi connectivity index (χ0n) is 16.9. The van der Waals surface area contributed by atoms with Gasteiger partial charge in [0.25, 0.3) is 0 Å². The van der Waals surface area contributed by atoms with Crippen LogP contribution in [0.2, 0.25) is 0 Å². The van der Waals surface area contributed by atoms with Crippen LogP contribution in [-0.2, 0) is 11.2 Å². The number of amides is 1. The third-order valence-corrected chi connectivity index (χ3v) is 4.47. The Morgan fingerprint density at radius 2 is 1.43 bits per heavy atom. The summed E-state index contributed by atoms with van der Waals surface area (Å²) in [6, 6.07) is 10.5. The van der Waals surface area contributed by atoms with Gasteiger partial charge in [-0.05, 0) is 35.4 Å². The molecule has 0 heterocycles. The van der Waals surface area contributed by atoms with Gasteiger partial charge in [-0.15, -0.1) is 0 Å². The lowest BCUT2D eigenvalue weighted by atomic mass is 10.1. The molecule has 0 aliphatic rings. The maximum absolute atomic E-state index is 12.6. The monoisotopic (exact) mass is 389 g/mol. The molecule has 1 unspecified atom stereocenters. The summed E-state index contributed by atoms with van der Waals surface area (Å²) < 4.78 is 20.9. The molecule has 1 N–H and O–H groups in total. The normalized spacial score (nSPS) is 11.5. The Bertz CT molecular complexity index is 807. The van der Waals surface area contributed by atoms with Gasteiger partial charge in [0.15, 0.2) is 23.0 Å². The SMILES string of the molecule is COc1ccc(CC(=O)N(C)CC(O)c2ccc(OC)c(OC)c2)cc1OC. The number of methoxy groups -OCH3 is 4. The maximum Gasteiger partial charge on any atom is 0.226 e. The van der Waals surface area contributed by atoms with Crippen molar-refractivity contribution in [3.05, 3.63) is 47.5 Å². The number of hydrogen-bond donors (Lipinski definition) is 1. The minimum atomic E-state index is -0.848. The van der Waals surface area contributed by atoms with Gasteiger partial charge in [0.05, 0.1) is 47.5 Å². The van der Waals surface area contributed by atoms with Crippen LogP contribution >= 0.6 is 0 Å². The fourth-order valence-corrected chi connectivity index (χ4v) is 2.83. The van der Waals surface area contributed by atoms with E-state index in [0.29, 0.717) is 28.6 Å². The smallest absolute Gasteiger partial charge is 0.226 e. The Kier molecular flexibility index (Phi) is 7.52. The molecule has 0 saturated heterocycles. The second kappa shape index (κ2) is 9.85. The first-order chi connectivity index (χ1) is 13.4. The third-order valence-electron chi connectivity index (χ3n) is 4.47. The number of likely N-dealkylation sites (N-methyl/N-ethyl adjacent to an activating group) is 1. The average molecular weight is 389 g/mol. The minimum Gasteiger partial charge on any atom is -0.493 e. The summed E-state index contributed by atoms with van der Waals surface area (Å²) in [5.74, 6) is 2.16. The van der Waals surface area contributed by atoms with Gasteiger partial charge >= 0.3 is 0 Å². The summed E-state index contributed by atoms with van der Waals surface area (Å²) in [6.07, 6.45) is -0.658. The molecule has 0 radical (unpaired) electrons. The van der Waals surface area contributed by atoms with E-state index in [-0.39, 0.29) is 18.9 Å². The van der Waals surface area contributed by atoms with Crippen molar-refractivity contribution in [3.63, 3.8) is 0 Å². The molecule has 2 rings (SSSR count). The highest BCUT2D eigenvalue weighted by molar-refractivity contribution is 5.78. The highest BCUT2D eigenvalue weighted by atomic mass is 16.5. The van der Waals surface area contributed by atoms with Gasteiger partial charge in [-0.2, -0.15) is 0 Å². The molecule has 0 fully saturated rings. The molecule has 0 aliphatic carbocycles. The molecular weight excluding hydrogens is 362 g/mol. The van der Waals surface area contributed by atoms with Gasteiger partial charge in [0, 0.05) is 7.05 Å². The Morgan fingerprint density at radius 3 is 2.00 bits per heavy atom. The molecule has 1 amide bonds. The van der Waals surface area contributed by atoms with Gasteiger partial charge in [-0.3, -0.25) is 4.79 Å². The highest BCUT2D eigenvalue weighted by Gasteiger charge is 2.18. The molecular formula is C21H27NO6. The van der Waals surface area contributed by atoms with Crippen molar-refractivity contribution in [2.75, 3.05) is 42.0 Å². The minimum absolute atomic E-state index is 0.119. The average Bonchev–Trinajstić information content (AvgIpc) is 2.72. The Balaban J connectivity index is 2.03. The summed E-state index contributed by atoms with van der Waals surface area (Å²) in [7, 11) is 7.86. The topological polar surface area (TPSA) is 77.5 Å². The van der Waals surface area contributed by atoms with Gasteiger partial charge in [0.1, 0.15) is 0 Å². The zero-order chi connectivity index (χ0) is 20.7. The van der Waals surface area contributed by atoms with Crippen molar-refractivity contribution in [1.29, 1.82) is 0 Å². The summed E-state index contributed by atoms with van der Waals surface area (Å²) in [4.78, 5) is 14.1. The molecule has 0 aliphatic heterocycles. The fraction of sp³-hybridized carbons (Fsp3) is 0.381. The van der Waals surface area contributed by atoms with E-state index in [0.717, 1.165) is 5.56 Å². The molecule has 0 spiro atoms. The Morgan fingerprint density at radius 1 is 0.893 bits per heavy atom. The molecule has 7 nitrogen and oxygen atoms in total. The first-order valence-electron chi connectivity index (χ1n) is 8.78. The third kappa shape index (κ3) is 5.07. The second-order valence-corrected chi connectivity index (χ2v) is 6.27. The van der Waals surface area contributed by atoms with Crippen LogP contribution in [-0.4, -0.2) is 57.9 Å². The van der Waals surface area contributed by atoms with Gasteiger partial charge in [0.2, 0.25) is 5.91 Å². The van der Waals surface area contributed by atoms with E-state index in [4.69, 9.17) is 18.9 Å². The lowest BCUT2D eigenvalue weighted by Crippen LogP contribution is -2.32. The quantitative estimate of drug-likeness (QED) is 0.710. The number of hydrogen-bond acceptors (Lipinski definition) is 6. The van der Waals surface area contributed by atoms with E-state index in [2.05, 4.69) is 0 Å². The molecule has 0 saturated carbocycles. The van der Waals surface area contributed by atoms with E-state index in [9.17, 15) is 9.90 Å². The predicted octanol–water partition coefficient (Wildman–Crippen LogP) is 2.46. The molecule has 0 bridgehead atoms. The van der Waals surface area contributed by atoms with Crippen molar-refractivity contribution in [3.8, 4) is 23.0 Å². The predicted molar refractivity (Wildman–Crippen MR) is 105 cm³/mol. The van der Waals surface area contributed by atoms with Crippen LogP contribution in [0.5, 0.6) is 23.0 Å². The zero-order valence-corrected chi connectivity index (χ0v) is 16.9. The van der Waals surface area contributed by atoms with Gasteiger partial charge < -0.3 is 29.0 Å². The van der Waals surface area contributed by atoms with Gasteiger partial charge in [-0.1, -0.05) is 12.1 Å². The van der Waals surface area contributed by atoms with E-state index in [1.54, 1.807) is 58.7 Å². The first-order valence-corrected chi connectivity index (χ1v) is 8.78. The molecule has 1 atom stereocenters. The van der Waals surface area contributed by atoms with Crippen molar-refractivity contribution in [2.24, 2.45) is 0 Å². The summed E-state index contributed by atoms with van der Waals surface area (Å²) in [6.45, 7) is 0.154. The highest BCUT2D eigenvalue weighted by Crippen LogP contribution is 2.30. The maximum atomic E-state index is 12.6. The van der Waals surface area contributed by atoms with Crippen molar-refractivity contribution < 1.29 is 28.8 Å². The van der Waals surface area contributed by atoms with Gasteiger partial charge in [-0.25, -0.2) is 0 Å². The number of rotatable bonds is 9. The first kappa shape index (κ1) is 21.4. The number of ether oxygens (including phenoxy) is 4. The van der Waals surface area contributed by atoms with Crippen LogP contribution in [0.1, 0.15) is 17.2 Å². The summed E-state index contributed by atoms with van der Waals surface area (Å²) in [5.41, 5.74) is 1.44. The standard InChI is InChI=1S/C21H27NO6/c1-22(13-16(23)15-7-9-18(26-3)20(12-15)28-5)21(24)11-14-6-8-17(25-2)19(10-14)27-4/h6-10,12,16,23H,11,13H2,1-5H3. The van der Waals surface area contributed by atoms with Crippen LogP contribution in [0.15, 0.2) is 36.4 Å². The van der Waals surface area contributed by atoms with E-state index in [1.807, 2.05) is 6.07 Å². The summed E-state index contributed by atoms with van der Waals surface area (Å²) >= 11 is 0. The van der Waals surface area contributed by atoms with E-state index < -0.39 is 6.10 Å². The van der Waals surface area contributed by atoms with E-state index >= 15 is 0 Å². The Labute approximate surface area is 165 Å². The number of carbonyl (C=O) groups is 1. The van der Waals surface area contributed by atoms with E-state index in [1.165, 1.54) is 12.0 Å². The van der Waals surface area contributed by atoms with Crippen LogP contribution in [0.3, 0.4) is 0 Å². The van der Waals surface area contributed by atoms with Crippen LogP contribution in [0.4, 0.5) is 0 Å². The number of nitrogens with zero attached hydrogens (tertiary/aromatic N) is 1. The van der Waals surface area contributed by atoms with Crippen molar-refractivity contribution in [2.45, 2.75) is 12.5 Å². The van der Waals surface area contributed by atoms with Crippen molar-refractivity contribution >= 4 is 5.91 Å². The van der Waals surface area contributed by atoms with Crippen LogP contribution < -0.4 is 18.9 Å². The lowest BCUT2D eigenvalue weighted by Gasteiger charge is -2.22. The Hall–Kier alpha value is -2.93. The lowest BCUT2D eigenvalue weighted by molar-refractivity contribution is -0.130. The molecule has 28 heavy (non-hydrogen) atoms. The fourth-order valence-electron chi connectivity index (χ4n) is 2.83. The molecule has 2 aromatic rings. The number of carbonyl (C=O) groups excluding carboxylic acids is 1. The number of aliphatic hydroxyl groups is 1. The molecule has 2 aromatic carbocycles. The second-order valence-electron chi connectivity index (χ2n) is 6.27. The molecule has 7 heteroatoms. The molecule has 0 aromatic heterocycles. The number of aliphatic hydroxyl groups excluding tert-OH is 1.